The number of esters is 1. The van der Waals surface area contributed by atoms with Gasteiger partial charge in [-0.15, -0.1) is 0 Å². The van der Waals surface area contributed by atoms with Gasteiger partial charge in [-0.2, -0.15) is 5.10 Å². The number of halogens is 1. The molecule has 0 N–H and O–H groups in total. The van der Waals surface area contributed by atoms with Crippen LogP contribution in [0.4, 0.5) is 0 Å². The highest BCUT2D eigenvalue weighted by molar-refractivity contribution is 6.29. The molecule has 5 nitrogen and oxygen atoms in total. The van der Waals surface area contributed by atoms with Crippen LogP contribution < -0.4 is 0 Å². The number of hydrogen-bond acceptors (Lipinski definition) is 4. The number of aromatic nitrogens is 3. The molecule has 2 aromatic heterocycles. The van der Waals surface area contributed by atoms with Crippen LogP contribution in [0.5, 0.6) is 0 Å². The molecule has 0 radical (unpaired) electrons. The summed E-state index contributed by atoms with van der Waals surface area (Å²) < 4.78 is 6.02. The second-order valence-corrected chi connectivity index (χ2v) is 3.42. The lowest BCUT2D eigenvalue weighted by Gasteiger charge is -1.96. The fourth-order valence-electron chi connectivity index (χ4n) is 1.29. The third kappa shape index (κ3) is 1.66. The van der Waals surface area contributed by atoms with Crippen molar-refractivity contribution in [3.8, 4) is 0 Å². The predicted molar refractivity (Wildman–Crippen MR) is 54.1 cm³/mol. The van der Waals surface area contributed by atoms with E-state index in [1.54, 1.807) is 6.07 Å². The van der Waals surface area contributed by atoms with Crippen LogP contribution in [-0.2, 0) is 4.74 Å². The number of aryl methyl sites for hydroxylation is 1. The van der Waals surface area contributed by atoms with Gasteiger partial charge >= 0.3 is 5.97 Å². The van der Waals surface area contributed by atoms with Crippen molar-refractivity contribution in [2.45, 2.75) is 6.92 Å². The van der Waals surface area contributed by atoms with Crippen LogP contribution in [-0.4, -0.2) is 27.7 Å². The summed E-state index contributed by atoms with van der Waals surface area (Å²) in [6, 6.07) is 1.69. The highest BCUT2D eigenvalue weighted by Crippen LogP contribution is 2.13. The Labute approximate surface area is 90.6 Å². The standard InChI is InChI=1S/C9H8ClN3O2/c1-5-3-7(10)12-13-4-6(9(14)15-2)11-8(5)13/h3-4H,1-2H3. The van der Waals surface area contributed by atoms with E-state index in [2.05, 4.69) is 14.8 Å². The molecule has 2 rings (SSSR count). The fourth-order valence-corrected chi connectivity index (χ4v) is 1.54. The molecule has 0 saturated carbocycles. The van der Waals surface area contributed by atoms with Gasteiger partial charge in [0.1, 0.15) is 5.15 Å². The minimum Gasteiger partial charge on any atom is -0.464 e. The van der Waals surface area contributed by atoms with Crippen molar-refractivity contribution in [3.63, 3.8) is 0 Å². The minimum atomic E-state index is -0.490. The Hall–Kier alpha value is -1.62. The molecule has 2 aromatic rings. The number of imidazole rings is 1. The first-order valence-electron chi connectivity index (χ1n) is 4.22. The fraction of sp³-hybridized carbons (Fsp3) is 0.222. The number of carbonyl (C=O) groups excluding carboxylic acids is 1. The zero-order chi connectivity index (χ0) is 11.0. The van der Waals surface area contributed by atoms with Crippen molar-refractivity contribution in [1.29, 1.82) is 0 Å². The van der Waals surface area contributed by atoms with E-state index in [4.69, 9.17) is 11.6 Å². The number of hydrogen-bond donors (Lipinski definition) is 0. The van der Waals surface area contributed by atoms with Gasteiger partial charge in [-0.3, -0.25) is 0 Å². The van der Waals surface area contributed by atoms with Gasteiger partial charge in [0, 0.05) is 0 Å². The lowest BCUT2D eigenvalue weighted by Crippen LogP contribution is -2.00. The molecule has 2 heterocycles. The predicted octanol–water partition coefficient (Wildman–Crippen LogP) is 1.48. The minimum absolute atomic E-state index is 0.218. The first-order valence-corrected chi connectivity index (χ1v) is 4.60. The lowest BCUT2D eigenvalue weighted by molar-refractivity contribution is 0.0595. The van der Waals surface area contributed by atoms with Gasteiger partial charge in [0.25, 0.3) is 0 Å². The second-order valence-electron chi connectivity index (χ2n) is 3.04. The van der Waals surface area contributed by atoms with Crippen molar-refractivity contribution in [2.24, 2.45) is 0 Å². The topological polar surface area (TPSA) is 56.5 Å². The summed E-state index contributed by atoms with van der Waals surface area (Å²) in [5.74, 6) is -0.490. The molecule has 15 heavy (non-hydrogen) atoms. The summed E-state index contributed by atoms with van der Waals surface area (Å²) in [7, 11) is 1.31. The number of nitrogens with zero attached hydrogens (tertiary/aromatic N) is 3. The first kappa shape index (κ1) is 9.92. The highest BCUT2D eigenvalue weighted by Gasteiger charge is 2.12. The van der Waals surface area contributed by atoms with Crippen LogP contribution in [0.15, 0.2) is 12.3 Å². The summed E-state index contributed by atoms with van der Waals surface area (Å²) in [6.45, 7) is 1.84. The molecular formula is C9H8ClN3O2. The first-order chi connectivity index (χ1) is 7.11. The molecule has 0 atom stereocenters. The van der Waals surface area contributed by atoms with Crippen molar-refractivity contribution in [2.75, 3.05) is 7.11 Å². The molecule has 0 saturated heterocycles. The molecule has 0 amide bonds. The highest BCUT2D eigenvalue weighted by atomic mass is 35.5. The molecule has 0 bridgehead atoms. The maximum Gasteiger partial charge on any atom is 0.358 e. The van der Waals surface area contributed by atoms with E-state index in [0.717, 1.165) is 5.56 Å². The van der Waals surface area contributed by atoms with Gasteiger partial charge in [-0.1, -0.05) is 11.6 Å². The van der Waals surface area contributed by atoms with Gasteiger partial charge in [0.05, 0.1) is 13.3 Å². The molecule has 78 valence electrons. The molecule has 0 unspecified atom stereocenters. The van der Waals surface area contributed by atoms with Gasteiger partial charge in [0.15, 0.2) is 11.3 Å². The molecule has 0 aliphatic heterocycles. The lowest BCUT2D eigenvalue weighted by atomic mass is 10.3. The second kappa shape index (κ2) is 3.51. The van der Waals surface area contributed by atoms with Crippen molar-refractivity contribution in [1.82, 2.24) is 14.6 Å². The van der Waals surface area contributed by atoms with Crippen LogP contribution in [0.1, 0.15) is 16.1 Å². The van der Waals surface area contributed by atoms with Crippen molar-refractivity contribution >= 4 is 23.2 Å². The Morgan fingerprint density at radius 3 is 3.00 bits per heavy atom. The molecule has 6 heteroatoms. The van der Waals surface area contributed by atoms with E-state index in [9.17, 15) is 4.79 Å². The van der Waals surface area contributed by atoms with Crippen LogP contribution in [0.3, 0.4) is 0 Å². The molecule has 0 aliphatic carbocycles. The Morgan fingerprint density at radius 2 is 2.33 bits per heavy atom. The Balaban J connectivity index is 2.65. The average Bonchev–Trinajstić information content (AvgIpc) is 2.60. The summed E-state index contributed by atoms with van der Waals surface area (Å²) in [4.78, 5) is 15.3. The van der Waals surface area contributed by atoms with Crippen LogP contribution >= 0.6 is 11.6 Å². The average molecular weight is 226 g/mol. The Kier molecular flexibility index (Phi) is 2.32. The van der Waals surface area contributed by atoms with E-state index >= 15 is 0 Å². The van der Waals surface area contributed by atoms with E-state index in [1.807, 2.05) is 6.92 Å². The molecule has 0 fully saturated rings. The van der Waals surface area contributed by atoms with E-state index in [-0.39, 0.29) is 5.69 Å². The quantitative estimate of drug-likeness (QED) is 0.690. The maximum absolute atomic E-state index is 11.2. The van der Waals surface area contributed by atoms with Crippen molar-refractivity contribution < 1.29 is 9.53 Å². The number of ether oxygens (including phenoxy) is 1. The Morgan fingerprint density at radius 1 is 1.60 bits per heavy atom. The van der Waals surface area contributed by atoms with Crippen LogP contribution in [0, 0.1) is 6.92 Å². The third-order valence-electron chi connectivity index (χ3n) is 1.97. The zero-order valence-corrected chi connectivity index (χ0v) is 8.95. The van der Waals surface area contributed by atoms with Gasteiger partial charge in [-0.05, 0) is 18.6 Å². The third-order valence-corrected chi connectivity index (χ3v) is 2.16. The summed E-state index contributed by atoms with van der Waals surface area (Å²) in [6.07, 6.45) is 1.49. The number of fused-ring (bicyclic) bond motifs is 1. The van der Waals surface area contributed by atoms with E-state index in [1.165, 1.54) is 17.8 Å². The molecule has 0 aromatic carbocycles. The van der Waals surface area contributed by atoms with E-state index < -0.39 is 5.97 Å². The SMILES string of the molecule is COC(=O)c1cn2nc(Cl)cc(C)c2n1. The summed E-state index contributed by atoms with van der Waals surface area (Å²) in [5.41, 5.74) is 1.67. The van der Waals surface area contributed by atoms with Crippen molar-refractivity contribution in [3.05, 3.63) is 28.7 Å². The van der Waals surface area contributed by atoms with Gasteiger partial charge < -0.3 is 4.74 Å². The van der Waals surface area contributed by atoms with E-state index in [0.29, 0.717) is 10.8 Å². The monoisotopic (exact) mass is 225 g/mol. The molecular weight excluding hydrogens is 218 g/mol. The van der Waals surface area contributed by atoms with Gasteiger partial charge in [-0.25, -0.2) is 14.3 Å². The smallest absolute Gasteiger partial charge is 0.358 e. The maximum atomic E-state index is 11.2. The molecule has 0 spiro atoms. The number of methoxy groups -OCH3 is 1. The number of rotatable bonds is 1. The normalized spacial score (nSPS) is 10.6. The Bertz CT molecular complexity index is 535. The molecule has 0 aliphatic rings. The van der Waals surface area contributed by atoms with Crippen LogP contribution in [0.25, 0.3) is 5.65 Å². The van der Waals surface area contributed by atoms with Crippen LogP contribution in [0.2, 0.25) is 5.15 Å². The largest absolute Gasteiger partial charge is 0.464 e. The summed E-state index contributed by atoms with van der Waals surface area (Å²) >= 11 is 5.77. The zero-order valence-electron chi connectivity index (χ0n) is 8.19. The van der Waals surface area contributed by atoms with Gasteiger partial charge in [0.2, 0.25) is 0 Å². The summed E-state index contributed by atoms with van der Waals surface area (Å²) in [5, 5.41) is 4.34. The number of carbonyl (C=O) groups is 1.